The van der Waals surface area contributed by atoms with Gasteiger partial charge in [-0.3, -0.25) is 0 Å². The maximum atomic E-state index is 3.87. The molecule has 0 amide bonds. The lowest BCUT2D eigenvalue weighted by Crippen LogP contribution is -2.14. The van der Waals surface area contributed by atoms with Crippen LogP contribution in [-0.2, 0) is 0 Å². The highest BCUT2D eigenvalue weighted by atomic mass is 15.5. The van der Waals surface area contributed by atoms with Crippen LogP contribution in [0.5, 0.6) is 0 Å². The number of anilines is 1. The van der Waals surface area contributed by atoms with Gasteiger partial charge in [-0.1, -0.05) is 12.1 Å². The molecule has 0 spiro atoms. The molecule has 1 aromatic carbocycles. The summed E-state index contributed by atoms with van der Waals surface area (Å²) >= 11 is 0. The first kappa shape index (κ1) is 12.3. The molecule has 1 unspecified atom stereocenters. The molecule has 18 heavy (non-hydrogen) atoms. The summed E-state index contributed by atoms with van der Waals surface area (Å²) in [4.78, 5) is 0. The predicted molar refractivity (Wildman–Crippen MR) is 71.7 cm³/mol. The molecule has 0 aliphatic carbocycles. The zero-order chi connectivity index (χ0) is 12.8. The van der Waals surface area contributed by atoms with E-state index >= 15 is 0 Å². The van der Waals surface area contributed by atoms with Crippen molar-refractivity contribution in [2.45, 2.75) is 25.8 Å². The summed E-state index contributed by atoms with van der Waals surface area (Å²) in [6.07, 6.45) is 5.61. The van der Waals surface area contributed by atoms with Crippen LogP contribution in [0.4, 0.5) is 5.69 Å². The van der Waals surface area contributed by atoms with Crippen LogP contribution in [0, 0.1) is 0 Å². The number of nitrogens with one attached hydrogen (secondary N) is 1. The van der Waals surface area contributed by atoms with Gasteiger partial charge in [0.05, 0.1) is 5.69 Å². The molecule has 2 rings (SSSR count). The van der Waals surface area contributed by atoms with Crippen molar-refractivity contribution in [1.82, 2.24) is 20.2 Å². The fourth-order valence-corrected chi connectivity index (χ4v) is 1.74. The van der Waals surface area contributed by atoms with Gasteiger partial charge in [0.25, 0.3) is 0 Å². The van der Waals surface area contributed by atoms with Crippen molar-refractivity contribution >= 4 is 5.69 Å². The lowest BCUT2D eigenvalue weighted by atomic mass is 10.1. The van der Waals surface area contributed by atoms with E-state index in [9.17, 15) is 0 Å². The van der Waals surface area contributed by atoms with E-state index in [-0.39, 0.29) is 0 Å². The van der Waals surface area contributed by atoms with E-state index in [1.54, 1.807) is 11.0 Å². The first-order chi connectivity index (χ1) is 8.79. The maximum Gasteiger partial charge on any atom is 0.143 e. The van der Waals surface area contributed by atoms with Crippen LogP contribution in [-0.4, -0.2) is 26.2 Å². The summed E-state index contributed by atoms with van der Waals surface area (Å²) in [7, 11) is 0. The van der Waals surface area contributed by atoms with Crippen LogP contribution >= 0.6 is 0 Å². The van der Waals surface area contributed by atoms with E-state index in [1.807, 2.05) is 30.3 Å². The van der Waals surface area contributed by atoms with Crippen molar-refractivity contribution < 1.29 is 0 Å². The zero-order valence-corrected chi connectivity index (χ0v) is 10.5. The Morgan fingerprint density at radius 1 is 1.50 bits per heavy atom. The monoisotopic (exact) mass is 243 g/mol. The third-order valence-corrected chi connectivity index (χ3v) is 2.68. The number of hydrogen-bond donors (Lipinski definition) is 1. The van der Waals surface area contributed by atoms with Crippen molar-refractivity contribution in [2.24, 2.45) is 0 Å². The molecule has 2 aromatic rings. The lowest BCUT2D eigenvalue weighted by molar-refractivity contribution is 0.718. The molecule has 1 N–H and O–H groups in total. The Morgan fingerprint density at radius 3 is 3.11 bits per heavy atom. The summed E-state index contributed by atoms with van der Waals surface area (Å²) in [6, 6.07) is 8.43. The van der Waals surface area contributed by atoms with Crippen molar-refractivity contribution in [3.63, 3.8) is 0 Å². The highest BCUT2D eigenvalue weighted by Crippen LogP contribution is 2.15. The molecule has 0 saturated carbocycles. The van der Waals surface area contributed by atoms with Crippen molar-refractivity contribution in [3.8, 4) is 5.69 Å². The second-order valence-corrected chi connectivity index (χ2v) is 4.22. The first-order valence-corrected chi connectivity index (χ1v) is 6.00. The topological polar surface area (TPSA) is 55.6 Å². The molecular formula is C13H17N5. The molecule has 0 radical (unpaired) electrons. The highest BCUT2D eigenvalue weighted by molar-refractivity contribution is 5.51. The number of nitrogens with zero attached hydrogens (tertiary/aromatic N) is 4. The maximum absolute atomic E-state index is 3.87. The SMILES string of the molecule is C=CCCC(C)Nc1cccc(-n2cnnn2)c1. The number of rotatable bonds is 6. The fourth-order valence-electron chi connectivity index (χ4n) is 1.74. The molecule has 5 nitrogen and oxygen atoms in total. The molecule has 0 bridgehead atoms. The van der Waals surface area contributed by atoms with Gasteiger partial charge in [-0.05, 0) is 48.4 Å². The van der Waals surface area contributed by atoms with Gasteiger partial charge in [-0.2, -0.15) is 0 Å². The second kappa shape index (κ2) is 5.95. The summed E-state index contributed by atoms with van der Waals surface area (Å²) < 4.78 is 1.64. The number of tetrazole rings is 1. The van der Waals surface area contributed by atoms with Crippen LogP contribution in [0.2, 0.25) is 0 Å². The van der Waals surface area contributed by atoms with E-state index in [1.165, 1.54) is 0 Å². The Bertz CT molecular complexity index is 492. The van der Waals surface area contributed by atoms with Crippen LogP contribution in [0.25, 0.3) is 5.69 Å². The minimum absolute atomic E-state index is 0.409. The van der Waals surface area contributed by atoms with E-state index in [0.29, 0.717) is 6.04 Å². The van der Waals surface area contributed by atoms with E-state index in [2.05, 4.69) is 34.3 Å². The Morgan fingerprint density at radius 2 is 2.39 bits per heavy atom. The van der Waals surface area contributed by atoms with Crippen LogP contribution in [0.15, 0.2) is 43.2 Å². The summed E-state index contributed by atoms with van der Waals surface area (Å²) in [5.41, 5.74) is 2.01. The molecule has 1 heterocycles. The lowest BCUT2D eigenvalue weighted by Gasteiger charge is -2.14. The highest BCUT2D eigenvalue weighted by Gasteiger charge is 2.03. The number of allylic oxidation sites excluding steroid dienone is 1. The van der Waals surface area contributed by atoms with Crippen molar-refractivity contribution in [2.75, 3.05) is 5.32 Å². The summed E-state index contributed by atoms with van der Waals surface area (Å²) in [6.45, 7) is 5.89. The molecule has 0 saturated heterocycles. The summed E-state index contributed by atoms with van der Waals surface area (Å²) in [5, 5.41) is 14.6. The van der Waals surface area contributed by atoms with Crippen molar-refractivity contribution in [1.29, 1.82) is 0 Å². The molecule has 5 heteroatoms. The Hall–Kier alpha value is -2.17. The standard InChI is InChI=1S/C13H17N5/c1-3-4-6-11(2)15-12-7-5-8-13(9-12)18-10-14-16-17-18/h3,5,7-11,15H,1,4,6H2,2H3. The van der Waals surface area contributed by atoms with Gasteiger partial charge < -0.3 is 5.32 Å². The van der Waals surface area contributed by atoms with Gasteiger partial charge in [0.1, 0.15) is 6.33 Å². The largest absolute Gasteiger partial charge is 0.383 e. The van der Waals surface area contributed by atoms with Gasteiger partial charge in [0.15, 0.2) is 0 Å². The van der Waals surface area contributed by atoms with Gasteiger partial charge in [0, 0.05) is 11.7 Å². The van der Waals surface area contributed by atoms with E-state index in [4.69, 9.17) is 0 Å². The minimum Gasteiger partial charge on any atom is -0.383 e. The van der Waals surface area contributed by atoms with Crippen LogP contribution < -0.4 is 5.32 Å². The van der Waals surface area contributed by atoms with Gasteiger partial charge in [-0.25, -0.2) is 4.68 Å². The van der Waals surface area contributed by atoms with Gasteiger partial charge in [-0.15, -0.1) is 11.7 Å². The van der Waals surface area contributed by atoms with Crippen LogP contribution in [0.1, 0.15) is 19.8 Å². The average Bonchev–Trinajstić information content (AvgIpc) is 2.90. The molecule has 0 aliphatic heterocycles. The van der Waals surface area contributed by atoms with Gasteiger partial charge in [0.2, 0.25) is 0 Å². The molecule has 1 atom stereocenters. The van der Waals surface area contributed by atoms with Gasteiger partial charge >= 0.3 is 0 Å². The number of benzene rings is 1. The number of hydrogen-bond acceptors (Lipinski definition) is 4. The molecule has 1 aromatic heterocycles. The smallest absolute Gasteiger partial charge is 0.143 e. The Labute approximate surface area is 107 Å². The third kappa shape index (κ3) is 3.16. The van der Waals surface area contributed by atoms with Crippen molar-refractivity contribution in [3.05, 3.63) is 43.2 Å². The fraction of sp³-hybridized carbons (Fsp3) is 0.308. The zero-order valence-electron chi connectivity index (χ0n) is 10.5. The molecule has 0 aliphatic rings. The third-order valence-electron chi connectivity index (χ3n) is 2.68. The quantitative estimate of drug-likeness (QED) is 0.792. The molecular weight excluding hydrogens is 226 g/mol. The minimum atomic E-state index is 0.409. The average molecular weight is 243 g/mol. The van der Waals surface area contributed by atoms with E-state index in [0.717, 1.165) is 24.2 Å². The predicted octanol–water partition coefficient (Wildman–Crippen LogP) is 2.43. The normalized spacial score (nSPS) is 12.1. The second-order valence-electron chi connectivity index (χ2n) is 4.22. The molecule has 94 valence electrons. The Balaban J connectivity index is 2.06. The first-order valence-electron chi connectivity index (χ1n) is 6.00. The van der Waals surface area contributed by atoms with E-state index < -0.39 is 0 Å². The Kier molecular flexibility index (Phi) is 4.06. The van der Waals surface area contributed by atoms with Crippen LogP contribution in [0.3, 0.4) is 0 Å². The number of aromatic nitrogens is 4. The molecule has 0 fully saturated rings. The summed E-state index contributed by atoms with van der Waals surface area (Å²) in [5.74, 6) is 0.